The normalized spacial score (nSPS) is 15.5. The Bertz CT molecular complexity index is 506. The van der Waals surface area contributed by atoms with E-state index in [9.17, 15) is 4.79 Å². The maximum atomic E-state index is 12.3. The highest BCUT2D eigenvalue weighted by molar-refractivity contribution is 6.32. The van der Waals surface area contributed by atoms with E-state index in [1.807, 2.05) is 23.1 Å². The van der Waals surface area contributed by atoms with Crippen LogP contribution in [0.5, 0.6) is 0 Å². The van der Waals surface area contributed by atoms with Crippen LogP contribution in [0.25, 0.3) is 0 Å². The predicted octanol–water partition coefficient (Wildman–Crippen LogP) is 2.62. The molecule has 1 aliphatic rings. The van der Waals surface area contributed by atoms with Crippen molar-refractivity contribution in [1.29, 1.82) is 0 Å². The number of nitrogens with zero attached hydrogens (tertiary/aromatic N) is 1. The molecule has 118 valence electrons. The van der Waals surface area contributed by atoms with Crippen molar-refractivity contribution in [3.63, 3.8) is 0 Å². The molecule has 21 heavy (non-hydrogen) atoms. The monoisotopic (exact) mass is 332 g/mol. The number of carbonyl (C=O) groups is 1. The van der Waals surface area contributed by atoms with E-state index in [0.717, 1.165) is 16.3 Å². The van der Waals surface area contributed by atoms with Crippen molar-refractivity contribution in [3.8, 4) is 0 Å². The maximum absolute atomic E-state index is 12.3. The number of carbonyl (C=O) groups excluding carboxylic acids is 1. The second-order valence-electron chi connectivity index (χ2n) is 5.67. The molecule has 1 aliphatic heterocycles. The summed E-state index contributed by atoms with van der Waals surface area (Å²) in [5.41, 5.74) is 1.88. The molecule has 0 saturated heterocycles. The van der Waals surface area contributed by atoms with Gasteiger partial charge < -0.3 is 15.0 Å². The fraction of sp³-hybridized carbons (Fsp3) is 0.533. The van der Waals surface area contributed by atoms with Crippen molar-refractivity contribution in [2.45, 2.75) is 19.3 Å². The van der Waals surface area contributed by atoms with Crippen LogP contribution < -0.4 is 10.2 Å². The van der Waals surface area contributed by atoms with Gasteiger partial charge in [-0.1, -0.05) is 31.5 Å². The van der Waals surface area contributed by atoms with E-state index < -0.39 is 0 Å². The van der Waals surface area contributed by atoms with Gasteiger partial charge in [-0.15, -0.1) is 12.4 Å². The lowest BCUT2D eigenvalue weighted by atomic mass is 9.87. The van der Waals surface area contributed by atoms with Crippen LogP contribution in [-0.2, 0) is 14.9 Å². The number of nitrogens with one attached hydrogen (secondary N) is 1. The summed E-state index contributed by atoms with van der Waals surface area (Å²) in [6, 6.07) is 5.73. The average Bonchev–Trinajstić information content (AvgIpc) is 2.68. The summed E-state index contributed by atoms with van der Waals surface area (Å²) >= 11 is 6.30. The molecule has 0 saturated carbocycles. The van der Waals surface area contributed by atoms with Gasteiger partial charge in [-0.3, -0.25) is 4.79 Å². The Hall–Kier alpha value is -0.810. The van der Waals surface area contributed by atoms with E-state index in [-0.39, 0.29) is 23.7 Å². The van der Waals surface area contributed by atoms with Crippen molar-refractivity contribution < 1.29 is 9.53 Å². The molecule has 0 unspecified atom stereocenters. The summed E-state index contributed by atoms with van der Waals surface area (Å²) in [5.74, 6) is 0.0650. The topological polar surface area (TPSA) is 41.6 Å². The van der Waals surface area contributed by atoms with Crippen LogP contribution in [0, 0.1) is 0 Å². The molecule has 1 N–H and O–H groups in total. The minimum Gasteiger partial charge on any atom is -0.383 e. The van der Waals surface area contributed by atoms with Gasteiger partial charge in [-0.05, 0) is 12.1 Å². The molecule has 1 heterocycles. The van der Waals surface area contributed by atoms with E-state index in [4.69, 9.17) is 16.3 Å². The van der Waals surface area contributed by atoms with Crippen LogP contribution in [0.4, 0.5) is 5.69 Å². The number of hydrogen-bond donors (Lipinski definition) is 1. The highest BCUT2D eigenvalue weighted by atomic mass is 35.5. The van der Waals surface area contributed by atoms with Gasteiger partial charge in [0.05, 0.1) is 13.2 Å². The van der Waals surface area contributed by atoms with Crippen LogP contribution in [-0.4, -0.2) is 39.3 Å². The molecular weight excluding hydrogens is 311 g/mol. The minimum absolute atomic E-state index is 0. The number of benzene rings is 1. The number of fused-ring (bicyclic) bond motifs is 1. The zero-order valence-corrected chi connectivity index (χ0v) is 14.2. The van der Waals surface area contributed by atoms with Crippen LogP contribution >= 0.6 is 24.0 Å². The van der Waals surface area contributed by atoms with Gasteiger partial charge in [0.15, 0.2) is 0 Å². The van der Waals surface area contributed by atoms with E-state index in [0.29, 0.717) is 26.2 Å². The third-order valence-electron chi connectivity index (χ3n) is 3.57. The first-order chi connectivity index (χ1) is 9.47. The van der Waals surface area contributed by atoms with Crippen molar-refractivity contribution in [1.82, 2.24) is 5.32 Å². The zero-order valence-electron chi connectivity index (χ0n) is 12.6. The largest absolute Gasteiger partial charge is 0.383 e. The summed E-state index contributed by atoms with van der Waals surface area (Å²) in [6.45, 7) is 6.47. The number of ether oxygens (including phenoxy) is 1. The number of methoxy groups -OCH3 is 1. The summed E-state index contributed by atoms with van der Waals surface area (Å²) in [6.07, 6.45) is 0. The SMILES string of the molecule is COCCNCC(=O)N1CC(C)(C)c2c(Cl)cccc21.Cl. The molecule has 1 amide bonds. The fourth-order valence-electron chi connectivity index (χ4n) is 2.65. The number of rotatable bonds is 5. The summed E-state index contributed by atoms with van der Waals surface area (Å²) in [5, 5.41) is 3.82. The lowest BCUT2D eigenvalue weighted by molar-refractivity contribution is -0.117. The van der Waals surface area contributed by atoms with Crippen molar-refractivity contribution >= 4 is 35.6 Å². The molecule has 6 heteroatoms. The lowest BCUT2D eigenvalue weighted by Crippen LogP contribution is -2.40. The Morgan fingerprint density at radius 1 is 1.48 bits per heavy atom. The summed E-state index contributed by atoms with van der Waals surface area (Å²) in [7, 11) is 1.64. The van der Waals surface area contributed by atoms with Gasteiger partial charge in [-0.2, -0.15) is 0 Å². The molecule has 0 atom stereocenters. The molecular formula is C15H22Cl2N2O2. The first-order valence-electron chi connectivity index (χ1n) is 6.76. The van der Waals surface area contributed by atoms with Crippen molar-refractivity contribution in [3.05, 3.63) is 28.8 Å². The molecule has 0 radical (unpaired) electrons. The van der Waals surface area contributed by atoms with E-state index >= 15 is 0 Å². The third-order valence-corrected chi connectivity index (χ3v) is 3.89. The third kappa shape index (κ3) is 3.89. The van der Waals surface area contributed by atoms with E-state index in [1.54, 1.807) is 7.11 Å². The number of anilines is 1. The zero-order chi connectivity index (χ0) is 14.8. The van der Waals surface area contributed by atoms with Crippen LogP contribution in [0.15, 0.2) is 18.2 Å². The Labute approximate surface area is 137 Å². The summed E-state index contributed by atoms with van der Waals surface area (Å²) in [4.78, 5) is 14.2. The van der Waals surface area contributed by atoms with E-state index in [1.165, 1.54) is 0 Å². The van der Waals surface area contributed by atoms with Gasteiger partial charge in [0.25, 0.3) is 0 Å². The lowest BCUT2D eigenvalue weighted by Gasteiger charge is -2.21. The minimum atomic E-state index is -0.115. The highest BCUT2D eigenvalue weighted by Crippen LogP contribution is 2.44. The molecule has 0 aromatic heterocycles. The molecule has 2 rings (SSSR count). The van der Waals surface area contributed by atoms with Gasteiger partial charge >= 0.3 is 0 Å². The van der Waals surface area contributed by atoms with Crippen LogP contribution in [0.3, 0.4) is 0 Å². The van der Waals surface area contributed by atoms with Gasteiger partial charge in [-0.25, -0.2) is 0 Å². The second-order valence-corrected chi connectivity index (χ2v) is 6.07. The molecule has 4 nitrogen and oxygen atoms in total. The quantitative estimate of drug-likeness (QED) is 0.843. The molecule has 0 bridgehead atoms. The van der Waals surface area contributed by atoms with Crippen LogP contribution in [0.2, 0.25) is 5.02 Å². The first-order valence-corrected chi connectivity index (χ1v) is 7.14. The molecule has 1 aromatic carbocycles. The predicted molar refractivity (Wildman–Crippen MR) is 88.8 cm³/mol. The number of amides is 1. The average molecular weight is 333 g/mol. The smallest absolute Gasteiger partial charge is 0.240 e. The molecule has 0 aliphatic carbocycles. The first kappa shape index (κ1) is 18.2. The van der Waals surface area contributed by atoms with Gasteiger partial charge in [0.2, 0.25) is 5.91 Å². The van der Waals surface area contributed by atoms with Crippen molar-refractivity contribution in [2.75, 3.05) is 38.3 Å². The molecule has 1 aromatic rings. The van der Waals surface area contributed by atoms with Gasteiger partial charge in [0, 0.05) is 41.9 Å². The Morgan fingerprint density at radius 3 is 2.86 bits per heavy atom. The molecule has 0 fully saturated rings. The number of hydrogen-bond acceptors (Lipinski definition) is 3. The second kappa shape index (κ2) is 7.45. The Morgan fingerprint density at radius 2 is 2.19 bits per heavy atom. The van der Waals surface area contributed by atoms with Crippen molar-refractivity contribution in [2.24, 2.45) is 0 Å². The van der Waals surface area contributed by atoms with Gasteiger partial charge in [0.1, 0.15) is 0 Å². The van der Waals surface area contributed by atoms with Crippen LogP contribution in [0.1, 0.15) is 19.4 Å². The maximum Gasteiger partial charge on any atom is 0.240 e. The summed E-state index contributed by atoms with van der Waals surface area (Å²) < 4.78 is 4.95. The number of halogens is 2. The Balaban J connectivity index is 0.00000220. The fourth-order valence-corrected chi connectivity index (χ4v) is 3.08. The highest BCUT2D eigenvalue weighted by Gasteiger charge is 2.39. The van der Waals surface area contributed by atoms with E-state index in [2.05, 4.69) is 19.2 Å². The standard InChI is InChI=1S/C15H21ClN2O2.ClH/c1-15(2)10-18(13(19)9-17-7-8-20-3)12-6-4-5-11(16)14(12)15;/h4-6,17H,7-10H2,1-3H3;1H. The Kier molecular flexibility index (Phi) is 6.47. The molecule has 0 spiro atoms.